The van der Waals surface area contributed by atoms with Crippen LogP contribution in [0.15, 0.2) is 48.5 Å². The van der Waals surface area contributed by atoms with Crippen LogP contribution in [0.2, 0.25) is 0 Å². The summed E-state index contributed by atoms with van der Waals surface area (Å²) in [7, 11) is 0. The van der Waals surface area contributed by atoms with Gasteiger partial charge in [-0.15, -0.1) is 0 Å². The van der Waals surface area contributed by atoms with Crippen LogP contribution in [0.5, 0.6) is 0 Å². The normalized spacial score (nSPS) is 15.3. The number of para-hydroxylation sites is 2. The van der Waals surface area contributed by atoms with Crippen molar-refractivity contribution in [2.75, 3.05) is 23.3 Å². The Bertz CT molecular complexity index is 710. The van der Waals surface area contributed by atoms with Gasteiger partial charge >= 0.3 is 0 Å². The molecular weight excluding hydrogens is 303 g/mol. The van der Waals surface area contributed by atoms with Gasteiger partial charge in [0.15, 0.2) is 0 Å². The first-order valence-electron chi connectivity index (χ1n) is 8.60. The molecule has 2 aromatic carbocycles. The summed E-state index contributed by atoms with van der Waals surface area (Å²) in [5, 5.41) is 3.02. The molecule has 3 nitrogen and oxygen atoms in total. The monoisotopic (exact) mass is 326 g/mol. The lowest BCUT2D eigenvalue weighted by molar-refractivity contribution is -0.117. The van der Waals surface area contributed by atoms with Gasteiger partial charge < -0.3 is 10.2 Å². The standard InChI is InChI=1S/C20H23FN2O/c1-2-15(16-9-3-4-10-17(16)21)20(24)22-18-11-5-6-12-19(18)23-13-7-8-14-23/h3-6,9-12,15H,2,7-8,13-14H2,1H3,(H,22,24). The molecule has 24 heavy (non-hydrogen) atoms. The number of carbonyl (C=O) groups excluding carboxylic acids is 1. The van der Waals surface area contributed by atoms with Crippen molar-refractivity contribution in [3.63, 3.8) is 0 Å². The molecule has 1 atom stereocenters. The molecule has 1 N–H and O–H groups in total. The minimum absolute atomic E-state index is 0.158. The van der Waals surface area contributed by atoms with E-state index in [1.165, 1.54) is 18.9 Å². The summed E-state index contributed by atoms with van der Waals surface area (Å²) in [6, 6.07) is 14.4. The number of hydrogen-bond donors (Lipinski definition) is 1. The molecule has 1 unspecified atom stereocenters. The molecule has 0 aromatic heterocycles. The lowest BCUT2D eigenvalue weighted by atomic mass is 9.95. The van der Waals surface area contributed by atoms with E-state index in [1.807, 2.05) is 31.2 Å². The Kier molecular flexibility index (Phi) is 5.14. The third-order valence-corrected chi connectivity index (χ3v) is 4.61. The molecule has 1 amide bonds. The minimum atomic E-state index is -0.488. The average Bonchev–Trinajstić information content (AvgIpc) is 3.12. The van der Waals surface area contributed by atoms with Crippen LogP contribution in [0, 0.1) is 5.82 Å². The quantitative estimate of drug-likeness (QED) is 0.873. The van der Waals surface area contributed by atoms with E-state index in [1.54, 1.807) is 18.2 Å². The molecule has 1 heterocycles. The summed E-state index contributed by atoms with van der Waals surface area (Å²) in [6.45, 7) is 3.93. The van der Waals surface area contributed by atoms with Crippen LogP contribution in [-0.2, 0) is 4.79 Å². The average molecular weight is 326 g/mol. The van der Waals surface area contributed by atoms with Gasteiger partial charge in [-0.25, -0.2) is 4.39 Å². The third kappa shape index (κ3) is 3.42. The first-order valence-corrected chi connectivity index (χ1v) is 8.60. The van der Waals surface area contributed by atoms with Gasteiger partial charge in [0.25, 0.3) is 0 Å². The van der Waals surface area contributed by atoms with Crippen LogP contribution in [-0.4, -0.2) is 19.0 Å². The number of nitrogens with zero attached hydrogens (tertiary/aromatic N) is 1. The van der Waals surface area contributed by atoms with E-state index in [9.17, 15) is 9.18 Å². The number of hydrogen-bond acceptors (Lipinski definition) is 2. The van der Waals surface area contributed by atoms with Gasteiger partial charge in [-0.2, -0.15) is 0 Å². The number of carbonyl (C=O) groups is 1. The van der Waals surface area contributed by atoms with Gasteiger partial charge in [0, 0.05) is 18.7 Å². The molecule has 0 radical (unpaired) electrons. The highest BCUT2D eigenvalue weighted by atomic mass is 19.1. The Morgan fingerprint density at radius 2 is 1.79 bits per heavy atom. The van der Waals surface area contributed by atoms with Crippen LogP contribution >= 0.6 is 0 Å². The smallest absolute Gasteiger partial charge is 0.232 e. The van der Waals surface area contributed by atoms with Crippen LogP contribution in [0.1, 0.15) is 37.7 Å². The van der Waals surface area contributed by atoms with E-state index in [0.29, 0.717) is 12.0 Å². The van der Waals surface area contributed by atoms with E-state index in [0.717, 1.165) is 24.5 Å². The minimum Gasteiger partial charge on any atom is -0.370 e. The summed E-state index contributed by atoms with van der Waals surface area (Å²) in [4.78, 5) is 15.1. The first kappa shape index (κ1) is 16.5. The maximum Gasteiger partial charge on any atom is 0.232 e. The molecule has 126 valence electrons. The Labute approximate surface area is 142 Å². The van der Waals surface area contributed by atoms with Crippen molar-refractivity contribution >= 4 is 17.3 Å². The zero-order chi connectivity index (χ0) is 16.9. The predicted octanol–water partition coefficient (Wildman–Crippen LogP) is 4.56. The molecule has 2 aromatic rings. The topological polar surface area (TPSA) is 32.3 Å². The summed E-state index contributed by atoms with van der Waals surface area (Å²) in [5.41, 5.74) is 2.31. The highest BCUT2D eigenvalue weighted by Gasteiger charge is 2.23. The zero-order valence-electron chi connectivity index (χ0n) is 14.0. The third-order valence-electron chi connectivity index (χ3n) is 4.61. The molecule has 0 bridgehead atoms. The summed E-state index contributed by atoms with van der Waals surface area (Å²) in [6.07, 6.45) is 2.91. The van der Waals surface area contributed by atoms with Gasteiger partial charge in [0.05, 0.1) is 17.3 Å². The first-order chi connectivity index (χ1) is 11.7. The highest BCUT2D eigenvalue weighted by molar-refractivity contribution is 5.98. The molecule has 0 saturated carbocycles. The maximum atomic E-state index is 14.1. The summed E-state index contributed by atoms with van der Waals surface area (Å²) < 4.78 is 14.1. The van der Waals surface area contributed by atoms with Crippen molar-refractivity contribution in [2.45, 2.75) is 32.1 Å². The van der Waals surface area contributed by atoms with Crippen molar-refractivity contribution < 1.29 is 9.18 Å². The lowest BCUT2D eigenvalue weighted by Gasteiger charge is -2.23. The maximum absolute atomic E-state index is 14.1. The SMILES string of the molecule is CCC(C(=O)Nc1ccccc1N1CCCC1)c1ccccc1F. The summed E-state index contributed by atoms with van der Waals surface area (Å²) in [5.74, 6) is -0.973. The van der Waals surface area contributed by atoms with Crippen molar-refractivity contribution in [1.82, 2.24) is 0 Å². The van der Waals surface area contributed by atoms with Gasteiger partial charge in [0.1, 0.15) is 5.82 Å². The number of amides is 1. The van der Waals surface area contributed by atoms with Gasteiger partial charge in [0.2, 0.25) is 5.91 Å². The Hall–Kier alpha value is -2.36. The van der Waals surface area contributed by atoms with E-state index < -0.39 is 5.92 Å². The molecule has 0 aliphatic carbocycles. The van der Waals surface area contributed by atoms with Crippen LogP contribution in [0.25, 0.3) is 0 Å². The predicted molar refractivity (Wildman–Crippen MR) is 96.0 cm³/mol. The molecular formula is C20H23FN2O. The van der Waals surface area contributed by atoms with Gasteiger partial charge in [-0.05, 0) is 37.5 Å². The fourth-order valence-electron chi connectivity index (χ4n) is 3.34. The van der Waals surface area contributed by atoms with Crippen molar-refractivity contribution in [3.8, 4) is 0 Å². The molecule has 1 saturated heterocycles. The highest BCUT2D eigenvalue weighted by Crippen LogP contribution is 2.30. The van der Waals surface area contributed by atoms with E-state index in [-0.39, 0.29) is 11.7 Å². The van der Waals surface area contributed by atoms with Crippen LogP contribution in [0.4, 0.5) is 15.8 Å². The zero-order valence-corrected chi connectivity index (χ0v) is 14.0. The Balaban J connectivity index is 1.82. The number of halogens is 1. The lowest BCUT2D eigenvalue weighted by Crippen LogP contribution is -2.24. The molecule has 1 aliphatic rings. The summed E-state index contributed by atoms with van der Waals surface area (Å²) >= 11 is 0. The van der Waals surface area contributed by atoms with Crippen LogP contribution < -0.4 is 10.2 Å². The Morgan fingerprint density at radius 1 is 1.12 bits per heavy atom. The number of rotatable bonds is 5. The Morgan fingerprint density at radius 3 is 2.50 bits per heavy atom. The van der Waals surface area contributed by atoms with Crippen LogP contribution in [0.3, 0.4) is 0 Å². The second-order valence-electron chi connectivity index (χ2n) is 6.18. The van der Waals surface area contributed by atoms with Crippen molar-refractivity contribution in [2.24, 2.45) is 0 Å². The molecule has 4 heteroatoms. The molecule has 3 rings (SSSR count). The molecule has 0 spiro atoms. The number of anilines is 2. The second-order valence-corrected chi connectivity index (χ2v) is 6.18. The van der Waals surface area contributed by atoms with Gasteiger partial charge in [-0.1, -0.05) is 37.3 Å². The second kappa shape index (κ2) is 7.47. The van der Waals surface area contributed by atoms with Crippen molar-refractivity contribution in [3.05, 3.63) is 59.9 Å². The van der Waals surface area contributed by atoms with Crippen molar-refractivity contribution in [1.29, 1.82) is 0 Å². The van der Waals surface area contributed by atoms with E-state index >= 15 is 0 Å². The fraction of sp³-hybridized carbons (Fsp3) is 0.350. The van der Waals surface area contributed by atoms with Gasteiger partial charge in [-0.3, -0.25) is 4.79 Å². The van der Waals surface area contributed by atoms with E-state index in [2.05, 4.69) is 10.2 Å². The number of benzene rings is 2. The number of nitrogens with one attached hydrogen (secondary N) is 1. The van der Waals surface area contributed by atoms with E-state index in [4.69, 9.17) is 0 Å². The fourth-order valence-corrected chi connectivity index (χ4v) is 3.34. The molecule has 1 aliphatic heterocycles. The largest absolute Gasteiger partial charge is 0.370 e. The molecule has 1 fully saturated rings.